The highest BCUT2D eigenvalue weighted by atomic mass is 32.2. The number of carbonyl (C=O) groups excluding carboxylic acids is 2. The molecule has 0 saturated carbocycles. The van der Waals surface area contributed by atoms with Gasteiger partial charge in [0.2, 0.25) is 5.91 Å². The number of carbonyl (C=O) groups is 2. The number of benzene rings is 2. The number of hydrogen-bond acceptors (Lipinski definition) is 6. The molecule has 31 heavy (non-hydrogen) atoms. The molecular formula is C24H30N2O4S. The lowest BCUT2D eigenvalue weighted by atomic mass is 10.1. The number of ether oxygens (including phenoxy) is 2. The van der Waals surface area contributed by atoms with Gasteiger partial charge in [0.05, 0.1) is 26.1 Å². The number of amides is 1. The molecule has 1 fully saturated rings. The predicted octanol–water partition coefficient (Wildman–Crippen LogP) is 3.28. The van der Waals surface area contributed by atoms with Crippen LogP contribution in [0.4, 0.5) is 0 Å². The molecule has 0 unspecified atom stereocenters. The topological polar surface area (TPSA) is 67.9 Å². The zero-order valence-corrected chi connectivity index (χ0v) is 19.0. The number of hydrogen-bond donors (Lipinski definition) is 1. The number of methoxy groups -OCH3 is 1. The van der Waals surface area contributed by atoms with Crippen molar-refractivity contribution in [2.24, 2.45) is 0 Å². The Morgan fingerprint density at radius 1 is 1.10 bits per heavy atom. The summed E-state index contributed by atoms with van der Waals surface area (Å²) in [5.41, 5.74) is 3.93. The van der Waals surface area contributed by atoms with Crippen molar-refractivity contribution in [1.82, 2.24) is 10.2 Å². The lowest BCUT2D eigenvalue weighted by Crippen LogP contribution is -2.35. The number of nitrogens with zero attached hydrogens (tertiary/aromatic N) is 1. The van der Waals surface area contributed by atoms with E-state index in [9.17, 15) is 9.59 Å². The molecular weight excluding hydrogens is 412 g/mol. The number of nitrogens with one attached hydrogen (secondary N) is 1. The molecule has 1 aliphatic heterocycles. The molecule has 2 aromatic rings. The summed E-state index contributed by atoms with van der Waals surface area (Å²) in [5, 5.41) is 2.97. The van der Waals surface area contributed by atoms with Gasteiger partial charge in [0.25, 0.3) is 0 Å². The highest BCUT2D eigenvalue weighted by molar-refractivity contribution is 7.99. The molecule has 0 spiro atoms. The van der Waals surface area contributed by atoms with Crippen LogP contribution >= 0.6 is 11.8 Å². The van der Waals surface area contributed by atoms with Crippen molar-refractivity contribution in [2.45, 2.75) is 25.8 Å². The van der Waals surface area contributed by atoms with Gasteiger partial charge in [-0.2, -0.15) is 0 Å². The fraction of sp³-hybridized carbons (Fsp3) is 0.417. The molecule has 1 N–H and O–H groups in total. The summed E-state index contributed by atoms with van der Waals surface area (Å²) in [6, 6.07) is 13.8. The molecule has 0 aromatic heterocycles. The SMILES string of the molecule is COc1ccc(C(C)=O)cc1CSCC(=O)NCc1ccc(CN2CCOCC2)cc1. The van der Waals surface area contributed by atoms with Gasteiger partial charge in [-0.1, -0.05) is 24.3 Å². The Labute approximate surface area is 188 Å². The summed E-state index contributed by atoms with van der Waals surface area (Å²) >= 11 is 1.50. The third-order valence-electron chi connectivity index (χ3n) is 5.20. The highest BCUT2D eigenvalue weighted by Crippen LogP contribution is 2.24. The molecule has 0 radical (unpaired) electrons. The second-order valence-electron chi connectivity index (χ2n) is 7.56. The van der Waals surface area contributed by atoms with E-state index in [1.165, 1.54) is 17.3 Å². The number of thioether (sulfide) groups is 1. The Balaban J connectivity index is 1.41. The van der Waals surface area contributed by atoms with Crippen LogP contribution in [0, 0.1) is 0 Å². The van der Waals surface area contributed by atoms with Crippen LogP contribution in [0.15, 0.2) is 42.5 Å². The minimum absolute atomic E-state index is 0.0101. The van der Waals surface area contributed by atoms with Crippen LogP contribution in [0.2, 0.25) is 0 Å². The van der Waals surface area contributed by atoms with Crippen LogP contribution < -0.4 is 10.1 Å². The van der Waals surface area contributed by atoms with Gasteiger partial charge in [-0.25, -0.2) is 0 Å². The first kappa shape index (κ1) is 23.3. The molecule has 1 saturated heterocycles. The molecule has 6 nitrogen and oxygen atoms in total. The van der Waals surface area contributed by atoms with E-state index in [0.29, 0.717) is 23.6 Å². The van der Waals surface area contributed by atoms with Crippen molar-refractivity contribution in [1.29, 1.82) is 0 Å². The maximum Gasteiger partial charge on any atom is 0.230 e. The molecule has 166 valence electrons. The molecule has 3 rings (SSSR count). The van der Waals surface area contributed by atoms with Gasteiger partial charge >= 0.3 is 0 Å². The third-order valence-corrected chi connectivity index (χ3v) is 6.18. The molecule has 1 amide bonds. The van der Waals surface area contributed by atoms with Crippen LogP contribution in [-0.4, -0.2) is 55.8 Å². The Morgan fingerprint density at radius 2 is 1.81 bits per heavy atom. The van der Waals surface area contributed by atoms with E-state index in [1.54, 1.807) is 26.2 Å². The minimum Gasteiger partial charge on any atom is -0.496 e. The van der Waals surface area contributed by atoms with Crippen molar-refractivity contribution in [3.8, 4) is 5.75 Å². The summed E-state index contributed by atoms with van der Waals surface area (Å²) < 4.78 is 10.8. The maximum absolute atomic E-state index is 12.2. The Bertz CT molecular complexity index is 880. The fourth-order valence-electron chi connectivity index (χ4n) is 3.40. The summed E-state index contributed by atoms with van der Waals surface area (Å²) in [7, 11) is 1.61. The van der Waals surface area contributed by atoms with Crippen molar-refractivity contribution < 1.29 is 19.1 Å². The smallest absolute Gasteiger partial charge is 0.230 e. The quantitative estimate of drug-likeness (QED) is 0.570. The molecule has 1 heterocycles. The van der Waals surface area contributed by atoms with E-state index in [1.807, 2.05) is 6.07 Å². The summed E-state index contributed by atoms with van der Waals surface area (Å²) in [4.78, 5) is 26.2. The van der Waals surface area contributed by atoms with Gasteiger partial charge in [-0.05, 0) is 36.2 Å². The van der Waals surface area contributed by atoms with Gasteiger partial charge in [0.15, 0.2) is 5.78 Å². The molecule has 0 bridgehead atoms. The Kier molecular flexibility index (Phi) is 8.94. The average molecular weight is 443 g/mol. The number of Topliss-reactive ketones (excluding diaryl/α,β-unsaturated/α-hetero) is 1. The second kappa shape index (κ2) is 11.9. The monoisotopic (exact) mass is 442 g/mol. The number of ketones is 1. The molecule has 1 aliphatic rings. The van der Waals surface area contributed by atoms with E-state index in [2.05, 4.69) is 34.5 Å². The molecule has 2 aromatic carbocycles. The first-order valence-corrected chi connectivity index (χ1v) is 11.6. The number of morpholine rings is 1. The van der Waals surface area contributed by atoms with Crippen LogP contribution in [0.5, 0.6) is 5.75 Å². The lowest BCUT2D eigenvalue weighted by Gasteiger charge is -2.26. The normalized spacial score (nSPS) is 14.3. The van der Waals surface area contributed by atoms with E-state index in [0.717, 1.165) is 49.7 Å². The van der Waals surface area contributed by atoms with E-state index >= 15 is 0 Å². The molecule has 0 aliphatic carbocycles. The van der Waals surface area contributed by atoms with Gasteiger partial charge in [0.1, 0.15) is 5.75 Å². The van der Waals surface area contributed by atoms with Crippen molar-refractivity contribution in [3.05, 3.63) is 64.7 Å². The van der Waals surface area contributed by atoms with Crippen LogP contribution in [-0.2, 0) is 28.4 Å². The Morgan fingerprint density at radius 3 is 2.48 bits per heavy atom. The zero-order chi connectivity index (χ0) is 22.1. The van der Waals surface area contributed by atoms with Crippen LogP contribution in [0.3, 0.4) is 0 Å². The first-order chi connectivity index (χ1) is 15.0. The number of rotatable bonds is 10. The summed E-state index contributed by atoms with van der Waals surface area (Å²) in [6.07, 6.45) is 0. The lowest BCUT2D eigenvalue weighted by molar-refractivity contribution is -0.118. The van der Waals surface area contributed by atoms with Gasteiger partial charge in [-0.15, -0.1) is 11.8 Å². The predicted molar refractivity (Wildman–Crippen MR) is 124 cm³/mol. The Hall–Kier alpha value is -2.35. The van der Waals surface area contributed by atoms with Crippen LogP contribution in [0.25, 0.3) is 0 Å². The second-order valence-corrected chi connectivity index (χ2v) is 8.54. The first-order valence-electron chi connectivity index (χ1n) is 10.5. The third kappa shape index (κ3) is 7.38. The molecule has 0 atom stereocenters. The maximum atomic E-state index is 12.2. The van der Waals surface area contributed by atoms with Crippen LogP contribution in [0.1, 0.15) is 34.0 Å². The van der Waals surface area contributed by atoms with E-state index in [-0.39, 0.29) is 11.7 Å². The fourth-order valence-corrected chi connectivity index (χ4v) is 4.23. The zero-order valence-electron chi connectivity index (χ0n) is 18.2. The largest absolute Gasteiger partial charge is 0.496 e. The van der Waals surface area contributed by atoms with Crippen molar-refractivity contribution in [2.75, 3.05) is 39.2 Å². The highest BCUT2D eigenvalue weighted by Gasteiger charge is 2.11. The van der Waals surface area contributed by atoms with Gasteiger partial charge < -0.3 is 14.8 Å². The summed E-state index contributed by atoms with van der Waals surface area (Å²) in [5.74, 6) is 1.69. The average Bonchev–Trinajstić information content (AvgIpc) is 2.79. The summed E-state index contributed by atoms with van der Waals surface area (Å²) in [6.45, 7) is 6.54. The van der Waals surface area contributed by atoms with E-state index in [4.69, 9.17) is 9.47 Å². The molecule has 7 heteroatoms. The van der Waals surface area contributed by atoms with Gasteiger partial charge in [-0.3, -0.25) is 14.5 Å². The van der Waals surface area contributed by atoms with E-state index < -0.39 is 0 Å². The standard InChI is InChI=1S/C24H30N2O4S/c1-18(27)21-7-8-23(29-2)22(13-21)16-31-17-24(28)25-14-19-3-5-20(6-4-19)15-26-9-11-30-12-10-26/h3-8,13H,9-12,14-17H2,1-2H3,(H,25,28). The van der Waals surface area contributed by atoms with Gasteiger partial charge in [0, 0.05) is 43.1 Å². The van der Waals surface area contributed by atoms with Crippen molar-refractivity contribution >= 4 is 23.5 Å². The van der Waals surface area contributed by atoms with Crippen molar-refractivity contribution in [3.63, 3.8) is 0 Å². The minimum atomic E-state index is -0.0101.